The summed E-state index contributed by atoms with van der Waals surface area (Å²) in [6.45, 7) is 0.478. The molecule has 160 valence electrons. The summed E-state index contributed by atoms with van der Waals surface area (Å²) in [6, 6.07) is 23.2. The summed E-state index contributed by atoms with van der Waals surface area (Å²) >= 11 is 5.93. The largest absolute Gasteiger partial charge is 0.489 e. The molecule has 2 N–H and O–H groups in total. The zero-order valence-corrected chi connectivity index (χ0v) is 17.5. The van der Waals surface area contributed by atoms with E-state index in [2.05, 4.69) is 20.7 Å². The predicted molar refractivity (Wildman–Crippen MR) is 121 cm³/mol. The molecular formula is C24H18ClFN4O2. The van der Waals surface area contributed by atoms with E-state index in [9.17, 15) is 9.18 Å². The number of nitrogens with zero attached hydrogens (tertiary/aromatic N) is 2. The summed E-state index contributed by atoms with van der Waals surface area (Å²) in [5, 5.41) is 10.8. The van der Waals surface area contributed by atoms with Gasteiger partial charge >= 0.3 is 0 Å². The number of H-pyrrole nitrogens is 1. The second kappa shape index (κ2) is 9.89. The first kappa shape index (κ1) is 21.3. The molecule has 0 aliphatic rings. The quantitative estimate of drug-likeness (QED) is 0.301. The topological polar surface area (TPSA) is 79.4 Å². The second-order valence-corrected chi connectivity index (χ2v) is 7.21. The Labute approximate surface area is 188 Å². The number of carbonyl (C=O) groups is 1. The molecule has 0 unspecified atom stereocenters. The molecule has 4 aromatic rings. The first-order valence-corrected chi connectivity index (χ1v) is 10.1. The van der Waals surface area contributed by atoms with Crippen molar-refractivity contribution in [2.24, 2.45) is 5.10 Å². The maximum atomic E-state index is 13.7. The highest BCUT2D eigenvalue weighted by atomic mass is 35.5. The Bertz CT molecular complexity index is 1220. The van der Waals surface area contributed by atoms with E-state index in [1.807, 2.05) is 54.6 Å². The lowest BCUT2D eigenvalue weighted by Crippen LogP contribution is -2.18. The van der Waals surface area contributed by atoms with Gasteiger partial charge < -0.3 is 4.74 Å². The van der Waals surface area contributed by atoms with Gasteiger partial charge in [-0.05, 0) is 48.0 Å². The molecule has 0 spiro atoms. The van der Waals surface area contributed by atoms with Crippen LogP contribution in [0.3, 0.4) is 0 Å². The second-order valence-electron chi connectivity index (χ2n) is 6.80. The molecule has 8 heteroatoms. The molecule has 1 amide bonds. The van der Waals surface area contributed by atoms with E-state index in [0.717, 1.165) is 23.1 Å². The minimum atomic E-state index is -0.532. The Balaban J connectivity index is 1.36. The fourth-order valence-corrected chi connectivity index (χ4v) is 3.11. The Hall–Kier alpha value is -3.97. The van der Waals surface area contributed by atoms with Crippen molar-refractivity contribution in [3.8, 4) is 17.0 Å². The fraction of sp³-hybridized carbons (Fsp3) is 0.0417. The minimum Gasteiger partial charge on any atom is -0.489 e. The van der Waals surface area contributed by atoms with E-state index in [0.29, 0.717) is 12.3 Å². The summed E-state index contributed by atoms with van der Waals surface area (Å²) in [6.07, 6.45) is 1.15. The Morgan fingerprint density at radius 3 is 2.62 bits per heavy atom. The molecule has 6 nitrogen and oxygen atoms in total. The molecule has 0 saturated heterocycles. The van der Waals surface area contributed by atoms with Gasteiger partial charge in [-0.2, -0.15) is 10.2 Å². The van der Waals surface area contributed by atoms with Crippen LogP contribution in [0, 0.1) is 5.82 Å². The van der Waals surface area contributed by atoms with Gasteiger partial charge in [-0.3, -0.25) is 9.89 Å². The molecule has 4 rings (SSSR count). The van der Waals surface area contributed by atoms with Gasteiger partial charge in [0.05, 0.1) is 16.9 Å². The fourth-order valence-electron chi connectivity index (χ4n) is 2.90. The number of aromatic amines is 1. The predicted octanol–water partition coefficient (Wildman–Crippen LogP) is 5.21. The number of benzene rings is 3. The molecule has 3 aromatic carbocycles. The first-order chi connectivity index (χ1) is 15.6. The molecule has 1 heterocycles. The average molecular weight is 449 g/mol. The third-order valence-corrected chi connectivity index (χ3v) is 4.91. The minimum absolute atomic E-state index is 0.0920. The number of hydrazone groups is 1. The Kier molecular flexibility index (Phi) is 6.57. The molecular weight excluding hydrogens is 431 g/mol. The number of aromatic nitrogens is 2. The lowest BCUT2D eigenvalue weighted by atomic mass is 10.1. The van der Waals surface area contributed by atoms with Gasteiger partial charge in [0.2, 0.25) is 0 Å². The summed E-state index contributed by atoms with van der Waals surface area (Å²) in [5.74, 6) is -0.321. The van der Waals surface area contributed by atoms with Gasteiger partial charge in [0.1, 0.15) is 23.9 Å². The average Bonchev–Trinajstić information content (AvgIpc) is 3.31. The number of nitrogens with one attached hydrogen (secondary N) is 2. The normalized spacial score (nSPS) is 10.9. The van der Waals surface area contributed by atoms with E-state index >= 15 is 0 Å². The third-order valence-electron chi connectivity index (χ3n) is 4.58. The van der Waals surface area contributed by atoms with Gasteiger partial charge in [-0.1, -0.05) is 48.0 Å². The standard InChI is InChI=1S/C24H18ClFN4O2/c25-20-7-4-8-21(26)19(20)14-27-30-24(31)23-13-22(28-29-23)17-9-11-18(12-10-17)32-15-16-5-2-1-3-6-16/h1-14H,15H2,(H,28,29)(H,30,31)/b27-14+. The van der Waals surface area contributed by atoms with Crippen molar-refractivity contribution < 1.29 is 13.9 Å². The number of ether oxygens (including phenoxy) is 1. The zero-order valence-electron chi connectivity index (χ0n) is 16.8. The van der Waals surface area contributed by atoms with E-state index in [-0.39, 0.29) is 16.3 Å². The zero-order chi connectivity index (χ0) is 22.3. The van der Waals surface area contributed by atoms with Gasteiger partial charge in [-0.25, -0.2) is 9.82 Å². The van der Waals surface area contributed by atoms with E-state index < -0.39 is 11.7 Å². The van der Waals surface area contributed by atoms with Crippen LogP contribution in [0.15, 0.2) is 84.0 Å². The smallest absolute Gasteiger partial charge is 0.289 e. The van der Waals surface area contributed by atoms with Crippen molar-refractivity contribution in [3.63, 3.8) is 0 Å². The van der Waals surface area contributed by atoms with E-state index in [1.165, 1.54) is 18.2 Å². The molecule has 0 bridgehead atoms. The molecule has 0 radical (unpaired) electrons. The molecule has 0 atom stereocenters. The highest BCUT2D eigenvalue weighted by molar-refractivity contribution is 6.33. The van der Waals surface area contributed by atoms with Gasteiger partial charge in [0.15, 0.2) is 0 Å². The van der Waals surface area contributed by atoms with E-state index in [1.54, 1.807) is 6.07 Å². The monoisotopic (exact) mass is 448 g/mol. The van der Waals surface area contributed by atoms with Crippen LogP contribution in [0.1, 0.15) is 21.6 Å². The summed E-state index contributed by atoms with van der Waals surface area (Å²) < 4.78 is 19.5. The number of halogens is 2. The Morgan fingerprint density at radius 2 is 1.88 bits per heavy atom. The van der Waals surface area contributed by atoms with E-state index in [4.69, 9.17) is 16.3 Å². The van der Waals surface area contributed by atoms with Crippen molar-refractivity contribution >= 4 is 23.7 Å². The summed E-state index contributed by atoms with van der Waals surface area (Å²) in [7, 11) is 0. The van der Waals surface area contributed by atoms with Crippen molar-refractivity contribution in [1.82, 2.24) is 15.6 Å². The van der Waals surface area contributed by atoms with Crippen molar-refractivity contribution in [1.29, 1.82) is 0 Å². The van der Waals surface area contributed by atoms with Crippen LogP contribution < -0.4 is 10.2 Å². The van der Waals surface area contributed by atoms with Crippen LogP contribution in [0.5, 0.6) is 5.75 Å². The number of hydrogen-bond acceptors (Lipinski definition) is 4. The van der Waals surface area contributed by atoms with Crippen LogP contribution in [-0.2, 0) is 6.61 Å². The van der Waals surface area contributed by atoms with Crippen molar-refractivity contribution in [2.75, 3.05) is 0 Å². The summed E-state index contributed by atoms with van der Waals surface area (Å²) in [5.41, 5.74) is 5.11. The number of rotatable bonds is 7. The van der Waals surface area contributed by atoms with Crippen molar-refractivity contribution in [2.45, 2.75) is 6.61 Å². The molecule has 0 fully saturated rings. The highest BCUT2D eigenvalue weighted by Gasteiger charge is 2.11. The molecule has 32 heavy (non-hydrogen) atoms. The third kappa shape index (κ3) is 5.19. The van der Waals surface area contributed by atoms with Gasteiger partial charge in [0.25, 0.3) is 5.91 Å². The number of hydrogen-bond donors (Lipinski definition) is 2. The van der Waals surface area contributed by atoms with Crippen LogP contribution >= 0.6 is 11.6 Å². The SMILES string of the molecule is O=C(N/N=C/c1c(F)cccc1Cl)c1cc(-c2ccc(OCc3ccccc3)cc2)n[nH]1. The van der Waals surface area contributed by atoms with Crippen LogP contribution in [0.25, 0.3) is 11.3 Å². The molecule has 0 saturated carbocycles. The maximum absolute atomic E-state index is 13.7. The van der Waals surface area contributed by atoms with Crippen LogP contribution in [-0.4, -0.2) is 22.3 Å². The summed E-state index contributed by atoms with van der Waals surface area (Å²) in [4.78, 5) is 12.3. The highest BCUT2D eigenvalue weighted by Crippen LogP contribution is 2.22. The number of amides is 1. The lowest BCUT2D eigenvalue weighted by Gasteiger charge is -2.06. The molecule has 0 aliphatic heterocycles. The first-order valence-electron chi connectivity index (χ1n) is 9.70. The van der Waals surface area contributed by atoms with Crippen molar-refractivity contribution in [3.05, 3.63) is 107 Å². The van der Waals surface area contributed by atoms with Crippen LogP contribution in [0.2, 0.25) is 5.02 Å². The lowest BCUT2D eigenvalue weighted by molar-refractivity contribution is 0.0950. The Morgan fingerprint density at radius 1 is 1.09 bits per heavy atom. The molecule has 0 aliphatic carbocycles. The maximum Gasteiger partial charge on any atom is 0.289 e. The van der Waals surface area contributed by atoms with Gasteiger partial charge in [-0.15, -0.1) is 0 Å². The number of carbonyl (C=O) groups excluding carboxylic acids is 1. The molecule has 1 aromatic heterocycles. The van der Waals surface area contributed by atoms with Crippen LogP contribution in [0.4, 0.5) is 4.39 Å². The van der Waals surface area contributed by atoms with Gasteiger partial charge in [0, 0.05) is 11.1 Å².